The lowest BCUT2D eigenvalue weighted by molar-refractivity contribution is 0.659. The van der Waals surface area contributed by atoms with Gasteiger partial charge in [0.15, 0.2) is 0 Å². The molecular weight excluding hydrogens is 309 g/mol. The lowest BCUT2D eigenvalue weighted by Gasteiger charge is -2.26. The van der Waals surface area contributed by atoms with Gasteiger partial charge in [-0.3, -0.25) is 4.98 Å². The Labute approximate surface area is 132 Å². The number of halogens is 2. The summed E-state index contributed by atoms with van der Waals surface area (Å²) in [6, 6.07) is 1.92. The highest BCUT2D eigenvalue weighted by Crippen LogP contribution is 2.35. The molecule has 0 radical (unpaired) electrons. The van der Waals surface area contributed by atoms with Crippen LogP contribution in [-0.4, -0.2) is 15.0 Å². The molecule has 0 aliphatic carbocycles. The van der Waals surface area contributed by atoms with Gasteiger partial charge in [-0.05, 0) is 13.8 Å². The Balaban J connectivity index is 2.04. The van der Waals surface area contributed by atoms with Crippen molar-refractivity contribution >= 4 is 29.0 Å². The van der Waals surface area contributed by atoms with Crippen LogP contribution in [0.5, 0.6) is 0 Å². The van der Waals surface area contributed by atoms with Crippen LogP contribution in [-0.2, 0) is 0 Å². The molecule has 7 heteroatoms. The van der Waals surface area contributed by atoms with Crippen molar-refractivity contribution in [3.63, 3.8) is 0 Å². The summed E-state index contributed by atoms with van der Waals surface area (Å²) in [4.78, 5) is 14.7. The number of pyridine rings is 1. The SMILES string of the molecule is Cc1cc(N2C=CNC2c2c(Cl)cncc2Cl)nc(C)n1. The first-order valence-corrected chi connectivity index (χ1v) is 7.14. The lowest BCUT2D eigenvalue weighted by Crippen LogP contribution is -2.28. The Hall–Kier alpha value is -1.85. The van der Waals surface area contributed by atoms with E-state index in [1.165, 1.54) is 0 Å². The largest absolute Gasteiger partial charge is 0.366 e. The van der Waals surface area contributed by atoms with Crippen LogP contribution in [0.4, 0.5) is 5.82 Å². The van der Waals surface area contributed by atoms with Crippen LogP contribution in [0.2, 0.25) is 10.0 Å². The van der Waals surface area contributed by atoms with Crippen molar-refractivity contribution in [3.8, 4) is 0 Å². The zero-order chi connectivity index (χ0) is 15.0. The molecule has 2 aromatic heterocycles. The monoisotopic (exact) mass is 321 g/mol. The summed E-state index contributed by atoms with van der Waals surface area (Å²) in [6.07, 6.45) is 6.68. The summed E-state index contributed by atoms with van der Waals surface area (Å²) in [6.45, 7) is 3.80. The summed E-state index contributed by atoms with van der Waals surface area (Å²) < 4.78 is 0. The molecule has 3 rings (SSSR count). The van der Waals surface area contributed by atoms with Gasteiger partial charge in [-0.15, -0.1) is 0 Å². The van der Waals surface area contributed by atoms with Crippen molar-refractivity contribution in [2.24, 2.45) is 0 Å². The molecule has 0 saturated heterocycles. The first-order chi connectivity index (χ1) is 10.1. The third kappa shape index (κ3) is 2.66. The van der Waals surface area contributed by atoms with E-state index in [1.54, 1.807) is 12.4 Å². The Kier molecular flexibility index (Phi) is 3.69. The van der Waals surface area contributed by atoms with E-state index >= 15 is 0 Å². The van der Waals surface area contributed by atoms with Crippen LogP contribution < -0.4 is 10.2 Å². The van der Waals surface area contributed by atoms with Crippen molar-refractivity contribution in [2.45, 2.75) is 20.0 Å². The number of aromatic nitrogens is 3. The normalized spacial score (nSPS) is 17.1. The van der Waals surface area contributed by atoms with E-state index in [9.17, 15) is 0 Å². The van der Waals surface area contributed by atoms with E-state index in [-0.39, 0.29) is 6.17 Å². The van der Waals surface area contributed by atoms with Crippen molar-refractivity contribution < 1.29 is 0 Å². The highest BCUT2D eigenvalue weighted by molar-refractivity contribution is 6.35. The molecule has 0 bridgehead atoms. The molecule has 1 N–H and O–H groups in total. The van der Waals surface area contributed by atoms with Gasteiger partial charge in [0, 0.05) is 42.1 Å². The summed E-state index contributed by atoms with van der Waals surface area (Å²) in [5, 5.41) is 4.25. The van der Waals surface area contributed by atoms with Crippen molar-refractivity contribution in [1.82, 2.24) is 20.3 Å². The molecule has 5 nitrogen and oxygen atoms in total. The van der Waals surface area contributed by atoms with Gasteiger partial charge in [0.25, 0.3) is 0 Å². The van der Waals surface area contributed by atoms with E-state index < -0.39 is 0 Å². The average Bonchev–Trinajstić information content (AvgIpc) is 2.86. The summed E-state index contributed by atoms with van der Waals surface area (Å²) in [5.74, 6) is 1.51. The Morgan fingerprint density at radius 2 is 1.86 bits per heavy atom. The summed E-state index contributed by atoms with van der Waals surface area (Å²) in [7, 11) is 0. The molecule has 0 saturated carbocycles. The summed E-state index contributed by atoms with van der Waals surface area (Å²) >= 11 is 12.5. The molecular formula is C14H13Cl2N5. The van der Waals surface area contributed by atoms with Gasteiger partial charge < -0.3 is 10.2 Å². The zero-order valence-corrected chi connectivity index (χ0v) is 13.0. The van der Waals surface area contributed by atoms with Crippen LogP contribution in [0.15, 0.2) is 30.9 Å². The molecule has 1 aliphatic rings. The third-order valence-corrected chi connectivity index (χ3v) is 3.75. The molecule has 0 amide bonds. The zero-order valence-electron chi connectivity index (χ0n) is 11.5. The number of aryl methyl sites for hydroxylation is 2. The fraction of sp³-hybridized carbons (Fsp3) is 0.214. The molecule has 2 aromatic rings. The Morgan fingerprint density at radius 1 is 1.14 bits per heavy atom. The molecule has 0 fully saturated rings. The molecule has 0 spiro atoms. The van der Waals surface area contributed by atoms with Crippen LogP contribution in [0, 0.1) is 13.8 Å². The summed E-state index contributed by atoms with van der Waals surface area (Å²) in [5.41, 5.74) is 1.68. The van der Waals surface area contributed by atoms with Crippen molar-refractivity contribution in [2.75, 3.05) is 4.90 Å². The number of hydrogen-bond donors (Lipinski definition) is 1. The predicted octanol–water partition coefficient (Wildman–Crippen LogP) is 3.37. The first kappa shape index (κ1) is 14.1. The predicted molar refractivity (Wildman–Crippen MR) is 83.3 cm³/mol. The van der Waals surface area contributed by atoms with E-state index in [1.807, 2.05) is 37.2 Å². The smallest absolute Gasteiger partial charge is 0.138 e. The maximum atomic E-state index is 6.25. The molecule has 108 valence electrons. The number of nitrogens with zero attached hydrogens (tertiary/aromatic N) is 4. The van der Waals surface area contributed by atoms with Crippen molar-refractivity contribution in [1.29, 1.82) is 0 Å². The second-order valence-corrected chi connectivity index (χ2v) is 5.54. The second kappa shape index (κ2) is 5.50. The topological polar surface area (TPSA) is 53.9 Å². The second-order valence-electron chi connectivity index (χ2n) is 4.72. The minimum Gasteiger partial charge on any atom is -0.366 e. The Morgan fingerprint density at radius 3 is 2.52 bits per heavy atom. The molecule has 0 aromatic carbocycles. The van der Waals surface area contributed by atoms with Crippen LogP contribution in [0.1, 0.15) is 23.2 Å². The Bertz CT molecular complexity index is 676. The minimum atomic E-state index is -0.221. The molecule has 3 heterocycles. The van der Waals surface area contributed by atoms with Gasteiger partial charge in [0.2, 0.25) is 0 Å². The molecule has 21 heavy (non-hydrogen) atoms. The number of anilines is 1. The molecule has 1 aliphatic heterocycles. The fourth-order valence-corrected chi connectivity index (χ4v) is 2.90. The van der Waals surface area contributed by atoms with Gasteiger partial charge in [-0.2, -0.15) is 0 Å². The molecule has 1 unspecified atom stereocenters. The van der Waals surface area contributed by atoms with Gasteiger partial charge in [0.05, 0.1) is 10.0 Å². The van der Waals surface area contributed by atoms with E-state index in [2.05, 4.69) is 20.3 Å². The number of hydrogen-bond acceptors (Lipinski definition) is 5. The van der Waals surface area contributed by atoms with Crippen LogP contribution in [0.3, 0.4) is 0 Å². The average molecular weight is 322 g/mol. The van der Waals surface area contributed by atoms with Gasteiger partial charge in [-0.1, -0.05) is 23.2 Å². The third-order valence-electron chi connectivity index (χ3n) is 3.15. The van der Waals surface area contributed by atoms with Crippen molar-refractivity contribution in [3.05, 3.63) is 58.0 Å². The first-order valence-electron chi connectivity index (χ1n) is 6.38. The van der Waals surface area contributed by atoms with Gasteiger partial charge in [0.1, 0.15) is 17.8 Å². The van der Waals surface area contributed by atoms with E-state index in [4.69, 9.17) is 23.2 Å². The number of rotatable bonds is 2. The van der Waals surface area contributed by atoms with Gasteiger partial charge >= 0.3 is 0 Å². The van der Waals surface area contributed by atoms with E-state index in [0.29, 0.717) is 10.0 Å². The maximum absolute atomic E-state index is 6.25. The standard InChI is InChI=1S/C14H13Cl2N5/c1-8-5-12(20-9(2)19-8)21-4-3-18-14(21)13-10(15)6-17-7-11(13)16/h3-7,14,18H,1-2H3. The van der Waals surface area contributed by atoms with Gasteiger partial charge in [-0.25, -0.2) is 9.97 Å². The number of nitrogens with one attached hydrogen (secondary N) is 1. The quantitative estimate of drug-likeness (QED) is 0.919. The highest BCUT2D eigenvalue weighted by Gasteiger charge is 2.27. The molecule has 1 atom stereocenters. The lowest BCUT2D eigenvalue weighted by atomic mass is 10.2. The van der Waals surface area contributed by atoms with Crippen LogP contribution in [0.25, 0.3) is 0 Å². The van der Waals surface area contributed by atoms with E-state index in [0.717, 1.165) is 22.9 Å². The fourth-order valence-electron chi connectivity index (χ4n) is 2.32. The highest BCUT2D eigenvalue weighted by atomic mass is 35.5. The minimum absolute atomic E-state index is 0.221. The van der Waals surface area contributed by atoms with Crippen LogP contribution >= 0.6 is 23.2 Å². The maximum Gasteiger partial charge on any atom is 0.138 e.